The van der Waals surface area contributed by atoms with Crippen LogP contribution in [0.5, 0.6) is 34.5 Å². The van der Waals surface area contributed by atoms with Crippen LogP contribution in [0, 0.1) is 48.4 Å². The molecule has 746 valence electrons. The SMILES string of the molecule is C#CCOc1ccc(OCCOCCOCCCC(=O)[C@H](CC(=O)O)NC(=O)[C@H](CC(=O)O)CC(=O)[C@H](Cc2ccccc2)NC(=O)[C@@H](CC(=O)[C@@H](N)Cc2ccccc2)Cc2ccc(O)cc2)cc1.C#CCOc1ccc(OCCOCCOCCNC(=O)[C@@H](CC(=O)O)CC(=O)[C@@H](CC(=O)O)NC(=O)[C@H](CC(=O)[C@@H](Cc2ccc(O)cc2)NC(=O)[C@H](N)Cc2ccccc2)Cc2ccccc2)cc1.[Zn]. The van der Waals surface area contributed by atoms with Gasteiger partial charge in [-0.3, -0.25) is 67.1 Å². The van der Waals surface area contributed by atoms with Gasteiger partial charge < -0.3 is 107 Å². The van der Waals surface area contributed by atoms with Gasteiger partial charge >= 0.3 is 23.9 Å². The number of aliphatic carboxylic acids is 4. The van der Waals surface area contributed by atoms with Crippen LogP contribution in [0.4, 0.5) is 0 Å². The number of ether oxygens (including phenoxy) is 8. The number of carboxylic acid groups (broad SMARTS) is 4. The van der Waals surface area contributed by atoms with Crippen LogP contribution in [0.2, 0.25) is 0 Å². The quantitative estimate of drug-likeness (QED) is 0.0101. The Labute approximate surface area is 830 Å². The van der Waals surface area contributed by atoms with Crippen molar-refractivity contribution in [2.45, 2.75) is 139 Å². The molecule has 0 unspecified atom stereocenters. The minimum Gasteiger partial charge on any atom is -0.508 e. The first-order valence-corrected chi connectivity index (χ1v) is 45.5. The Hall–Kier alpha value is -14.4. The van der Waals surface area contributed by atoms with E-state index in [9.17, 15) is 97.8 Å². The van der Waals surface area contributed by atoms with E-state index in [0.717, 1.165) is 11.1 Å². The number of phenolic OH excluding ortho intramolecular Hbond substituents is 2. The monoisotopic (exact) mass is 1990 g/mol. The smallest absolute Gasteiger partial charge is 0.305 e. The number of carboxylic acids is 4. The van der Waals surface area contributed by atoms with E-state index in [1.54, 1.807) is 146 Å². The standard InChI is InChI=1S/C53H61N3O14.C52H60N4O14.Zn/c1-2-23-69-42-19-21-43(22-20-42)70-28-27-68-26-25-67-24-9-14-47(58)46(35-51(63)64)56-53(66)40(34-50(61)62)33-49(60)45(31-37-12-7-4-8-13-37)55-52(65)39(29-38-15-17-41(57)18-16-38)32-48(59)44(54)30-36-10-5-3-6-11-36;1-2-22-69-41-17-19-42(20-18-41)70-27-26-68-25-24-67-23-21-54-50(64)39(33-48(60)61)32-47(59)45(34-49(62)63)55-51(65)38(28-35-9-5-3-6-10-35)31-46(58)44(30-37-13-15-40(57)16-14-37)56-52(66)43(53)29-36-11-7-4-8-12-36;/h1,3-8,10-13,15-22,39-40,44-46,57H,9,14,23-35,54H2,(H,55,65)(H,56,66)(H,61,62)(H,63,64);1,3-20,38-39,43-45,57H,21-34,53H2,(H,54,64)(H,55,65)(H,56,66)(H,60,61)(H,62,63);/t39-,40+,44+,45+,46+;38-,39+,43+,44+,45+;/m10./s1. The van der Waals surface area contributed by atoms with Crippen molar-refractivity contribution in [3.63, 3.8) is 0 Å². The summed E-state index contributed by atoms with van der Waals surface area (Å²) in [7, 11) is 0. The number of nitrogens with two attached hydrogens (primary N) is 2. The van der Waals surface area contributed by atoms with Crippen LogP contribution in [0.1, 0.15) is 97.6 Å². The molecule has 10 atom stereocenters. The van der Waals surface area contributed by atoms with Crippen LogP contribution in [0.25, 0.3) is 0 Å². The van der Waals surface area contributed by atoms with E-state index in [1.807, 2.05) is 48.5 Å². The number of hydrogen-bond donors (Lipinski definition) is 13. The fourth-order valence-corrected chi connectivity index (χ4v) is 14.5. The van der Waals surface area contributed by atoms with Crippen molar-refractivity contribution in [2.24, 2.45) is 35.1 Å². The summed E-state index contributed by atoms with van der Waals surface area (Å²) in [6.07, 6.45) is 5.12. The van der Waals surface area contributed by atoms with Crippen LogP contribution in [-0.2, 0) is 144 Å². The third kappa shape index (κ3) is 46.3. The summed E-state index contributed by atoms with van der Waals surface area (Å²) in [4.78, 5) is 186. The van der Waals surface area contributed by atoms with Crippen LogP contribution >= 0.6 is 0 Å². The van der Waals surface area contributed by atoms with Crippen molar-refractivity contribution >= 4 is 82.3 Å². The number of rotatable bonds is 67. The first-order valence-electron chi connectivity index (χ1n) is 45.5. The zero-order valence-corrected chi connectivity index (χ0v) is 81.2. The average Bonchev–Trinajstić information content (AvgIpc) is 0.844. The van der Waals surface area contributed by atoms with Gasteiger partial charge in [0.25, 0.3) is 0 Å². The third-order valence-electron chi connectivity index (χ3n) is 21.7. The Balaban J connectivity index is 0.000000429. The number of ketones is 5. The Morgan fingerprint density at radius 1 is 0.291 bits per heavy atom. The zero-order chi connectivity index (χ0) is 101. The number of carbonyl (C=O) groups excluding carboxylic acids is 10. The van der Waals surface area contributed by atoms with E-state index in [2.05, 4.69) is 38.4 Å². The predicted octanol–water partition coefficient (Wildman–Crippen LogP) is 7.35. The van der Waals surface area contributed by atoms with Crippen LogP contribution in [0.15, 0.2) is 218 Å². The molecule has 35 nitrogen and oxygen atoms in total. The molecule has 0 aliphatic carbocycles. The molecule has 0 heterocycles. The van der Waals surface area contributed by atoms with Gasteiger partial charge in [-0.05, 0) is 151 Å². The van der Waals surface area contributed by atoms with E-state index < -0.39 is 187 Å². The van der Waals surface area contributed by atoms with Crippen molar-refractivity contribution in [2.75, 3.05) is 85.8 Å². The average molecular weight is 1990 g/mol. The van der Waals surface area contributed by atoms with E-state index >= 15 is 0 Å². The number of nitrogens with one attached hydrogen (secondary N) is 5. The second-order valence-corrected chi connectivity index (χ2v) is 32.8. The molecule has 0 spiro atoms. The van der Waals surface area contributed by atoms with E-state index in [-0.39, 0.29) is 175 Å². The number of aromatic hydroxyl groups is 2. The molecular weight excluding hydrogens is 1870 g/mol. The summed E-state index contributed by atoms with van der Waals surface area (Å²) >= 11 is 0. The Morgan fingerprint density at radius 3 is 0.993 bits per heavy atom. The van der Waals surface area contributed by atoms with Gasteiger partial charge in [0, 0.05) is 76.6 Å². The maximum absolute atomic E-state index is 14.3. The molecule has 0 saturated carbocycles. The minimum atomic E-state index is -1.71. The van der Waals surface area contributed by atoms with Crippen LogP contribution in [-0.4, -0.2) is 235 Å². The summed E-state index contributed by atoms with van der Waals surface area (Å²) in [5.74, 6) is -11.0. The zero-order valence-electron chi connectivity index (χ0n) is 78.2. The van der Waals surface area contributed by atoms with Crippen molar-refractivity contribution in [3.05, 3.63) is 252 Å². The summed E-state index contributed by atoms with van der Waals surface area (Å²) in [5, 5.41) is 71.4. The molecule has 8 aromatic carbocycles. The van der Waals surface area contributed by atoms with Gasteiger partial charge in [-0.15, -0.1) is 12.8 Å². The van der Waals surface area contributed by atoms with E-state index in [1.165, 1.54) is 24.3 Å². The Kier molecular flexibility index (Phi) is 53.0. The molecular formula is C105H121N7O28Zn. The fraction of sp³-hybridized carbons (Fsp3) is 0.371. The largest absolute Gasteiger partial charge is 0.508 e. The second-order valence-electron chi connectivity index (χ2n) is 32.8. The van der Waals surface area contributed by atoms with Crippen molar-refractivity contribution in [1.29, 1.82) is 0 Å². The summed E-state index contributed by atoms with van der Waals surface area (Å²) in [6, 6.07) is 53.6. The van der Waals surface area contributed by atoms with Gasteiger partial charge in [-0.2, -0.15) is 0 Å². The number of carbonyl (C=O) groups is 14. The van der Waals surface area contributed by atoms with E-state index in [0.29, 0.717) is 45.3 Å². The topological polar surface area (TPSA) is 546 Å². The molecule has 5 amide bonds. The molecule has 0 aliphatic heterocycles. The first kappa shape index (κ1) is 115. The molecule has 0 saturated heterocycles. The number of benzene rings is 8. The molecule has 0 fully saturated rings. The van der Waals surface area contributed by atoms with Crippen LogP contribution < -0.4 is 57.0 Å². The summed E-state index contributed by atoms with van der Waals surface area (Å²) < 4.78 is 43.9. The molecule has 0 radical (unpaired) electrons. The number of amides is 5. The molecule has 141 heavy (non-hydrogen) atoms. The molecule has 0 bridgehead atoms. The Bertz CT molecular complexity index is 5020. The second kappa shape index (κ2) is 64.7. The minimum absolute atomic E-state index is 0. The molecule has 15 N–H and O–H groups in total. The molecule has 8 aromatic rings. The number of terminal acetylenes is 2. The molecule has 8 rings (SSSR count). The number of Topliss-reactive ketones (excluding diaryl/α,β-unsaturated/α-hetero) is 5. The number of phenols is 2. The van der Waals surface area contributed by atoms with Gasteiger partial charge in [-0.25, -0.2) is 0 Å². The predicted molar refractivity (Wildman–Crippen MR) is 512 cm³/mol. The van der Waals surface area contributed by atoms with Gasteiger partial charge in [0.2, 0.25) is 29.5 Å². The van der Waals surface area contributed by atoms with Crippen molar-refractivity contribution in [1.82, 2.24) is 26.6 Å². The van der Waals surface area contributed by atoms with Gasteiger partial charge in [0.05, 0.1) is 120 Å². The summed E-state index contributed by atoms with van der Waals surface area (Å²) in [5.41, 5.74) is 16.7. The normalized spacial score (nSPS) is 12.9. The van der Waals surface area contributed by atoms with Crippen LogP contribution in [0.3, 0.4) is 0 Å². The van der Waals surface area contributed by atoms with Crippen molar-refractivity contribution in [3.8, 4) is 59.2 Å². The molecule has 36 heteroatoms. The summed E-state index contributed by atoms with van der Waals surface area (Å²) in [6.45, 7) is 2.30. The van der Waals surface area contributed by atoms with Crippen molar-refractivity contribution < 1.29 is 155 Å². The van der Waals surface area contributed by atoms with Gasteiger partial charge in [0.15, 0.2) is 28.9 Å². The maximum Gasteiger partial charge on any atom is 0.305 e. The maximum atomic E-state index is 14.3. The number of hydrogen-bond acceptors (Lipinski definition) is 26. The van der Waals surface area contributed by atoms with E-state index in [4.69, 9.17) is 62.2 Å². The van der Waals surface area contributed by atoms with Gasteiger partial charge in [-0.1, -0.05) is 157 Å². The Morgan fingerprint density at radius 2 is 0.589 bits per heavy atom. The van der Waals surface area contributed by atoms with Gasteiger partial charge in [0.1, 0.15) is 60.9 Å². The first-order chi connectivity index (χ1) is 67.4. The molecule has 0 aromatic heterocycles. The molecule has 0 aliphatic rings. The third-order valence-corrected chi connectivity index (χ3v) is 21.7. The fourth-order valence-electron chi connectivity index (χ4n) is 14.5.